The van der Waals surface area contributed by atoms with Crippen LogP contribution in [0.15, 0.2) is 36.4 Å². The minimum atomic E-state index is 0.475. The van der Waals surface area contributed by atoms with Crippen LogP contribution < -0.4 is 10.6 Å². The fourth-order valence-corrected chi connectivity index (χ4v) is 2.81. The third-order valence-corrected chi connectivity index (χ3v) is 4.28. The number of aromatic amines is 2. The van der Waals surface area contributed by atoms with Crippen LogP contribution in [0, 0.1) is 6.92 Å². The summed E-state index contributed by atoms with van der Waals surface area (Å²) in [6.07, 6.45) is 0. The van der Waals surface area contributed by atoms with Gasteiger partial charge in [0.15, 0.2) is 5.82 Å². The van der Waals surface area contributed by atoms with Gasteiger partial charge in [-0.15, -0.1) is 0 Å². The van der Waals surface area contributed by atoms with Gasteiger partial charge in [-0.05, 0) is 19.1 Å². The molecule has 9 heteroatoms. The van der Waals surface area contributed by atoms with E-state index >= 15 is 0 Å². The average molecular weight is 446 g/mol. The van der Waals surface area contributed by atoms with Gasteiger partial charge in [0.2, 0.25) is 11.9 Å². The smallest absolute Gasteiger partial charge is 0.231 e. The summed E-state index contributed by atoms with van der Waals surface area (Å²) < 4.78 is 0.767. The highest BCUT2D eigenvalue weighted by Gasteiger charge is 2.09. The number of hydrogen-bond donors (Lipinski definition) is 4. The molecule has 0 aliphatic heterocycles. The van der Waals surface area contributed by atoms with Gasteiger partial charge in [0.1, 0.15) is 5.82 Å². The molecule has 4 aromatic rings. The number of halogens is 1. The SMILES string of the molecule is Cc1cc(Nc2cc(CI)nc(Nc3nc4ccccc4[nH]3)n2)n[nH]1. The van der Waals surface area contributed by atoms with Crippen LogP contribution in [0.5, 0.6) is 0 Å². The number of hydrogen-bond acceptors (Lipinski definition) is 6. The molecule has 4 N–H and O–H groups in total. The Morgan fingerprint density at radius 2 is 1.92 bits per heavy atom. The molecule has 3 aromatic heterocycles. The van der Waals surface area contributed by atoms with Crippen molar-refractivity contribution in [2.45, 2.75) is 11.4 Å². The van der Waals surface area contributed by atoms with E-state index in [4.69, 9.17) is 0 Å². The van der Waals surface area contributed by atoms with Gasteiger partial charge in [-0.2, -0.15) is 10.1 Å². The van der Waals surface area contributed by atoms with Crippen molar-refractivity contribution < 1.29 is 0 Å². The Hall–Kier alpha value is -2.69. The molecule has 0 atom stereocenters. The van der Waals surface area contributed by atoms with Gasteiger partial charge in [0.25, 0.3) is 0 Å². The first-order valence-corrected chi connectivity index (χ1v) is 9.17. The maximum Gasteiger partial charge on any atom is 0.231 e. The molecule has 0 spiro atoms. The number of anilines is 4. The Labute approximate surface area is 157 Å². The van der Waals surface area contributed by atoms with Crippen molar-refractivity contribution in [2.75, 3.05) is 10.6 Å². The zero-order chi connectivity index (χ0) is 17.2. The third kappa shape index (κ3) is 3.55. The van der Waals surface area contributed by atoms with Crippen LogP contribution in [0.4, 0.5) is 23.5 Å². The van der Waals surface area contributed by atoms with E-state index in [0.29, 0.717) is 23.5 Å². The molecule has 1 aromatic carbocycles. The average Bonchev–Trinajstić information content (AvgIpc) is 3.19. The first kappa shape index (κ1) is 15.8. The van der Waals surface area contributed by atoms with Crippen molar-refractivity contribution in [3.05, 3.63) is 47.8 Å². The van der Waals surface area contributed by atoms with E-state index in [9.17, 15) is 0 Å². The van der Waals surface area contributed by atoms with Crippen molar-refractivity contribution in [2.24, 2.45) is 0 Å². The lowest BCUT2D eigenvalue weighted by Crippen LogP contribution is -2.04. The molecule has 0 fully saturated rings. The van der Waals surface area contributed by atoms with Gasteiger partial charge in [-0.1, -0.05) is 34.7 Å². The minimum Gasteiger partial charge on any atom is -0.324 e. The van der Waals surface area contributed by atoms with E-state index in [-0.39, 0.29) is 0 Å². The lowest BCUT2D eigenvalue weighted by atomic mass is 10.3. The van der Waals surface area contributed by atoms with Gasteiger partial charge < -0.3 is 10.3 Å². The molecule has 3 heterocycles. The zero-order valence-corrected chi connectivity index (χ0v) is 15.5. The molecule has 0 aliphatic carbocycles. The number of nitrogens with one attached hydrogen (secondary N) is 4. The van der Waals surface area contributed by atoms with Crippen LogP contribution in [0.2, 0.25) is 0 Å². The van der Waals surface area contributed by atoms with Gasteiger partial charge >= 0.3 is 0 Å². The molecular weight excluding hydrogens is 431 g/mol. The Balaban J connectivity index is 1.62. The summed E-state index contributed by atoms with van der Waals surface area (Å²) in [7, 11) is 0. The number of imidazole rings is 1. The highest BCUT2D eigenvalue weighted by Crippen LogP contribution is 2.20. The molecular formula is C16H15IN8. The van der Waals surface area contributed by atoms with Gasteiger partial charge in [-0.3, -0.25) is 10.4 Å². The second kappa shape index (κ2) is 6.67. The van der Waals surface area contributed by atoms with Gasteiger partial charge in [-0.25, -0.2) is 9.97 Å². The molecule has 25 heavy (non-hydrogen) atoms. The highest BCUT2D eigenvalue weighted by atomic mass is 127. The number of aryl methyl sites for hydroxylation is 1. The summed E-state index contributed by atoms with van der Waals surface area (Å²) in [5.74, 6) is 2.47. The second-order valence-corrected chi connectivity index (χ2v) is 6.25. The quantitative estimate of drug-likeness (QED) is 0.275. The van der Waals surface area contributed by atoms with E-state index in [1.54, 1.807) is 0 Å². The first-order valence-electron chi connectivity index (χ1n) is 7.64. The number of alkyl halides is 1. The standard InChI is InChI=1S/C16H15IN8/c1-9-6-14(25-24-9)21-13-7-10(8-17)18-15(22-13)23-16-19-11-4-2-3-5-12(11)20-16/h2-7H,8H2,1H3,(H4,18,19,20,21,22,23,24,25). The molecule has 8 nitrogen and oxygen atoms in total. The zero-order valence-electron chi connectivity index (χ0n) is 13.3. The van der Waals surface area contributed by atoms with Crippen LogP contribution in [0.25, 0.3) is 11.0 Å². The lowest BCUT2D eigenvalue weighted by molar-refractivity contribution is 1.04. The molecule has 0 saturated heterocycles. The topological polar surface area (TPSA) is 107 Å². The largest absolute Gasteiger partial charge is 0.324 e. The van der Waals surface area contributed by atoms with E-state index in [1.165, 1.54) is 0 Å². The number of H-pyrrole nitrogens is 2. The summed E-state index contributed by atoms with van der Waals surface area (Å²) in [6, 6.07) is 11.7. The Morgan fingerprint density at radius 1 is 1.04 bits per heavy atom. The van der Waals surface area contributed by atoms with Crippen LogP contribution in [-0.4, -0.2) is 30.1 Å². The van der Waals surface area contributed by atoms with Gasteiger partial charge in [0.05, 0.1) is 16.7 Å². The maximum atomic E-state index is 4.51. The molecule has 0 radical (unpaired) electrons. The molecule has 0 bridgehead atoms. The maximum absolute atomic E-state index is 4.51. The van der Waals surface area contributed by atoms with E-state index in [0.717, 1.165) is 26.8 Å². The monoisotopic (exact) mass is 446 g/mol. The number of benzene rings is 1. The fraction of sp³-hybridized carbons (Fsp3) is 0.125. The van der Waals surface area contributed by atoms with Crippen LogP contribution >= 0.6 is 22.6 Å². The number of nitrogens with zero attached hydrogens (tertiary/aromatic N) is 4. The molecule has 4 rings (SSSR count). The van der Waals surface area contributed by atoms with Crippen molar-refractivity contribution in [3.63, 3.8) is 0 Å². The van der Waals surface area contributed by atoms with E-state index in [2.05, 4.69) is 63.4 Å². The highest BCUT2D eigenvalue weighted by molar-refractivity contribution is 14.1. The number of rotatable bonds is 5. The summed E-state index contributed by atoms with van der Waals surface area (Å²) in [5, 5.41) is 13.4. The lowest BCUT2D eigenvalue weighted by Gasteiger charge is -2.07. The van der Waals surface area contributed by atoms with E-state index in [1.807, 2.05) is 43.3 Å². The van der Waals surface area contributed by atoms with Crippen molar-refractivity contribution in [1.29, 1.82) is 0 Å². The summed E-state index contributed by atoms with van der Waals surface area (Å²) in [6.45, 7) is 1.95. The number of aromatic nitrogens is 6. The Kier molecular flexibility index (Phi) is 4.22. The van der Waals surface area contributed by atoms with Gasteiger partial charge in [0, 0.05) is 22.3 Å². The Morgan fingerprint density at radius 3 is 2.68 bits per heavy atom. The van der Waals surface area contributed by atoms with E-state index < -0.39 is 0 Å². The van der Waals surface area contributed by atoms with Crippen molar-refractivity contribution in [3.8, 4) is 0 Å². The van der Waals surface area contributed by atoms with Crippen molar-refractivity contribution >= 4 is 57.2 Å². The summed E-state index contributed by atoms with van der Waals surface area (Å²) in [4.78, 5) is 16.7. The second-order valence-electron chi connectivity index (χ2n) is 5.49. The van der Waals surface area contributed by atoms with Crippen LogP contribution in [-0.2, 0) is 4.43 Å². The third-order valence-electron chi connectivity index (χ3n) is 3.50. The number of fused-ring (bicyclic) bond motifs is 1. The summed E-state index contributed by atoms with van der Waals surface area (Å²) >= 11 is 2.27. The normalized spacial score (nSPS) is 11.0. The molecule has 0 saturated carbocycles. The first-order chi connectivity index (χ1) is 12.2. The molecule has 0 amide bonds. The Bertz CT molecular complexity index is 989. The predicted octanol–water partition coefficient (Wildman–Crippen LogP) is 3.81. The molecule has 0 unspecified atom stereocenters. The molecule has 126 valence electrons. The predicted molar refractivity (Wildman–Crippen MR) is 106 cm³/mol. The fourth-order valence-electron chi connectivity index (χ4n) is 2.42. The molecule has 0 aliphatic rings. The van der Waals surface area contributed by atoms with Crippen LogP contribution in [0.3, 0.4) is 0 Å². The van der Waals surface area contributed by atoms with Crippen molar-refractivity contribution in [1.82, 2.24) is 30.1 Å². The summed E-state index contributed by atoms with van der Waals surface area (Å²) in [5.41, 5.74) is 3.73. The van der Waals surface area contributed by atoms with Crippen LogP contribution in [0.1, 0.15) is 11.4 Å². The minimum absolute atomic E-state index is 0.475. The number of para-hydroxylation sites is 2.